The van der Waals surface area contributed by atoms with Crippen molar-refractivity contribution in [2.45, 2.75) is 31.6 Å². The number of nitrogens with zero attached hydrogens (tertiary/aromatic N) is 4. The summed E-state index contributed by atoms with van der Waals surface area (Å²) in [4.78, 5) is 8.34. The normalized spacial score (nSPS) is 20.6. The molecule has 118 valence electrons. The van der Waals surface area contributed by atoms with Gasteiger partial charge in [0.05, 0.1) is 24.1 Å². The topological polar surface area (TPSA) is 78.9 Å². The molecule has 2 aromatic heterocycles. The summed E-state index contributed by atoms with van der Waals surface area (Å²) >= 11 is 3.44. The molecule has 1 aliphatic rings. The van der Waals surface area contributed by atoms with Crippen molar-refractivity contribution in [1.29, 1.82) is 0 Å². The van der Waals surface area contributed by atoms with Crippen LogP contribution in [0.5, 0.6) is 0 Å². The zero-order chi connectivity index (χ0) is 15.8. The molecule has 0 aliphatic heterocycles. The number of aromatic nitrogens is 4. The molecule has 1 aromatic carbocycles. The number of nitrogen functional groups attached to an aromatic ring is 1. The highest BCUT2D eigenvalue weighted by molar-refractivity contribution is 9.10. The maximum absolute atomic E-state index is 5.95. The minimum Gasteiger partial charge on any atom is -0.383 e. The van der Waals surface area contributed by atoms with Crippen molar-refractivity contribution in [2.24, 2.45) is 0 Å². The minimum absolute atomic E-state index is 0.261. The van der Waals surface area contributed by atoms with Gasteiger partial charge in [0.1, 0.15) is 16.7 Å². The Kier molecular flexibility index (Phi) is 3.74. The second kappa shape index (κ2) is 5.90. The summed E-state index contributed by atoms with van der Waals surface area (Å²) in [6, 6.07) is 10.5. The van der Waals surface area contributed by atoms with E-state index in [1.807, 2.05) is 22.9 Å². The molecule has 0 unspecified atom stereocenters. The van der Waals surface area contributed by atoms with E-state index in [1.54, 1.807) is 0 Å². The van der Waals surface area contributed by atoms with Gasteiger partial charge in [0, 0.05) is 0 Å². The summed E-state index contributed by atoms with van der Waals surface area (Å²) in [5.41, 5.74) is 7.88. The van der Waals surface area contributed by atoms with Crippen LogP contribution in [-0.2, 0) is 11.3 Å². The van der Waals surface area contributed by atoms with E-state index in [2.05, 4.69) is 43.1 Å². The van der Waals surface area contributed by atoms with Gasteiger partial charge in [-0.3, -0.25) is 0 Å². The lowest BCUT2D eigenvalue weighted by molar-refractivity contribution is -0.0375. The minimum atomic E-state index is 0.261. The van der Waals surface area contributed by atoms with Gasteiger partial charge < -0.3 is 10.5 Å². The summed E-state index contributed by atoms with van der Waals surface area (Å²) in [5, 5.41) is 5.30. The molecule has 0 radical (unpaired) electrons. The Morgan fingerprint density at radius 1 is 1.22 bits per heavy atom. The zero-order valence-corrected chi connectivity index (χ0v) is 14.0. The molecule has 0 atom stereocenters. The Morgan fingerprint density at radius 3 is 2.78 bits per heavy atom. The second-order valence-corrected chi connectivity index (χ2v) is 6.49. The first-order chi connectivity index (χ1) is 11.2. The number of rotatable bonds is 4. The third kappa shape index (κ3) is 2.70. The quantitative estimate of drug-likeness (QED) is 0.759. The molecule has 0 spiro atoms. The molecule has 4 rings (SSSR count). The number of fused-ring (bicyclic) bond motifs is 1. The fourth-order valence-electron chi connectivity index (χ4n) is 2.87. The second-order valence-electron chi connectivity index (χ2n) is 5.74. The molecule has 0 amide bonds. The molecule has 0 saturated heterocycles. The SMILES string of the molecule is Nc1ncnc2c1c(Br)nn2[C@H]1C[C@@H](OCc2ccccc2)C1. The van der Waals surface area contributed by atoms with Crippen LogP contribution in [0.25, 0.3) is 11.0 Å². The van der Waals surface area contributed by atoms with E-state index in [9.17, 15) is 0 Å². The Hall–Kier alpha value is -1.99. The molecule has 1 aliphatic carbocycles. The van der Waals surface area contributed by atoms with Gasteiger partial charge in [-0.1, -0.05) is 30.3 Å². The summed E-state index contributed by atoms with van der Waals surface area (Å²) in [7, 11) is 0. The maximum Gasteiger partial charge on any atom is 0.164 e. The lowest BCUT2D eigenvalue weighted by Crippen LogP contribution is -2.33. The number of hydrogen-bond donors (Lipinski definition) is 1. The maximum atomic E-state index is 5.95. The predicted molar refractivity (Wildman–Crippen MR) is 90.7 cm³/mol. The number of ether oxygens (including phenoxy) is 1. The molecule has 7 heteroatoms. The van der Waals surface area contributed by atoms with Crippen LogP contribution in [0.1, 0.15) is 24.4 Å². The lowest BCUT2D eigenvalue weighted by Gasteiger charge is -2.35. The van der Waals surface area contributed by atoms with Gasteiger partial charge in [-0.25, -0.2) is 14.6 Å². The van der Waals surface area contributed by atoms with Gasteiger partial charge in [0.25, 0.3) is 0 Å². The molecule has 0 bridgehead atoms. The van der Waals surface area contributed by atoms with Gasteiger partial charge in [-0.05, 0) is 34.3 Å². The van der Waals surface area contributed by atoms with Gasteiger partial charge >= 0.3 is 0 Å². The first-order valence-corrected chi connectivity index (χ1v) is 8.31. The molecule has 1 fully saturated rings. The van der Waals surface area contributed by atoms with Crippen LogP contribution in [0.2, 0.25) is 0 Å². The molecule has 3 aromatic rings. The fourth-order valence-corrected chi connectivity index (χ4v) is 3.42. The van der Waals surface area contributed by atoms with E-state index in [-0.39, 0.29) is 6.10 Å². The Balaban J connectivity index is 1.43. The number of halogens is 1. The summed E-state index contributed by atoms with van der Waals surface area (Å²) in [6.07, 6.45) is 3.60. The number of anilines is 1. The van der Waals surface area contributed by atoms with Crippen molar-refractivity contribution < 1.29 is 4.74 Å². The van der Waals surface area contributed by atoms with Crippen molar-refractivity contribution in [3.05, 3.63) is 46.8 Å². The highest BCUT2D eigenvalue weighted by Crippen LogP contribution is 2.38. The van der Waals surface area contributed by atoms with Gasteiger partial charge in [-0.2, -0.15) is 5.10 Å². The van der Waals surface area contributed by atoms with Crippen LogP contribution in [0.15, 0.2) is 41.3 Å². The smallest absolute Gasteiger partial charge is 0.164 e. The predicted octanol–water partition coefficient (Wildman–Crippen LogP) is 3.09. The van der Waals surface area contributed by atoms with E-state index >= 15 is 0 Å². The third-order valence-electron chi connectivity index (χ3n) is 4.22. The first kappa shape index (κ1) is 14.6. The Bertz CT molecular complexity index is 829. The highest BCUT2D eigenvalue weighted by Gasteiger charge is 2.34. The van der Waals surface area contributed by atoms with Gasteiger partial charge in [-0.15, -0.1) is 0 Å². The average molecular weight is 374 g/mol. The monoisotopic (exact) mass is 373 g/mol. The van der Waals surface area contributed by atoms with Crippen LogP contribution >= 0.6 is 15.9 Å². The Morgan fingerprint density at radius 2 is 2.00 bits per heavy atom. The van der Waals surface area contributed by atoms with E-state index in [0.29, 0.717) is 23.1 Å². The lowest BCUT2D eigenvalue weighted by atomic mass is 9.89. The largest absolute Gasteiger partial charge is 0.383 e. The van der Waals surface area contributed by atoms with Crippen molar-refractivity contribution in [3.8, 4) is 0 Å². The average Bonchev–Trinajstić information content (AvgIpc) is 2.85. The van der Waals surface area contributed by atoms with Crippen LogP contribution in [0.4, 0.5) is 5.82 Å². The van der Waals surface area contributed by atoms with Gasteiger partial charge in [0.15, 0.2) is 5.65 Å². The summed E-state index contributed by atoms with van der Waals surface area (Å²) in [6.45, 7) is 0.650. The van der Waals surface area contributed by atoms with E-state index < -0.39 is 0 Å². The molecule has 1 saturated carbocycles. The summed E-state index contributed by atoms with van der Waals surface area (Å²) < 4.78 is 8.57. The standard InChI is InChI=1S/C16H16BrN5O/c17-14-13-15(18)19-9-20-16(13)22(21-14)11-6-12(7-11)23-8-10-4-2-1-3-5-10/h1-5,9,11-12H,6-8H2,(H2,18,19,20)/t11-,12+. The van der Waals surface area contributed by atoms with Crippen LogP contribution in [0, 0.1) is 0 Å². The first-order valence-electron chi connectivity index (χ1n) is 7.52. The number of nitrogens with two attached hydrogens (primary N) is 1. The fraction of sp³-hybridized carbons (Fsp3) is 0.312. The molecule has 23 heavy (non-hydrogen) atoms. The van der Waals surface area contributed by atoms with Crippen LogP contribution in [-0.4, -0.2) is 25.9 Å². The van der Waals surface area contributed by atoms with Gasteiger partial charge in [0.2, 0.25) is 0 Å². The molecule has 2 N–H and O–H groups in total. The van der Waals surface area contributed by atoms with Crippen LogP contribution < -0.4 is 5.73 Å². The van der Waals surface area contributed by atoms with Crippen molar-refractivity contribution in [2.75, 3.05) is 5.73 Å². The van der Waals surface area contributed by atoms with E-state index in [1.165, 1.54) is 11.9 Å². The molecular formula is C16H16BrN5O. The number of benzene rings is 1. The van der Waals surface area contributed by atoms with Crippen molar-refractivity contribution >= 4 is 32.8 Å². The molecular weight excluding hydrogens is 358 g/mol. The Labute approximate surface area is 141 Å². The highest BCUT2D eigenvalue weighted by atomic mass is 79.9. The van der Waals surface area contributed by atoms with Crippen LogP contribution in [0.3, 0.4) is 0 Å². The zero-order valence-electron chi connectivity index (χ0n) is 12.4. The molecule has 2 heterocycles. The van der Waals surface area contributed by atoms with E-state index in [0.717, 1.165) is 23.9 Å². The molecule has 6 nitrogen and oxygen atoms in total. The van der Waals surface area contributed by atoms with E-state index in [4.69, 9.17) is 10.5 Å². The summed E-state index contributed by atoms with van der Waals surface area (Å²) in [5.74, 6) is 0.448. The van der Waals surface area contributed by atoms with Crippen molar-refractivity contribution in [1.82, 2.24) is 19.7 Å². The third-order valence-corrected chi connectivity index (χ3v) is 4.77. The van der Waals surface area contributed by atoms with Crippen molar-refractivity contribution in [3.63, 3.8) is 0 Å². The number of hydrogen-bond acceptors (Lipinski definition) is 5.